The van der Waals surface area contributed by atoms with Crippen LogP contribution in [0.15, 0.2) is 5.38 Å². The smallest absolute Gasteiger partial charge is 0.271 e. The summed E-state index contributed by atoms with van der Waals surface area (Å²) < 4.78 is 0. The number of aromatic nitrogens is 1. The van der Waals surface area contributed by atoms with E-state index in [1.165, 1.54) is 11.3 Å². The number of anilines is 1. The molecule has 2 amide bonds. The highest BCUT2D eigenvalue weighted by Crippen LogP contribution is 2.13. The first-order valence-corrected chi connectivity index (χ1v) is 6.71. The number of nitrogens with two attached hydrogens (primary N) is 1. The molecule has 0 bridgehead atoms. The molecule has 0 spiro atoms. The van der Waals surface area contributed by atoms with E-state index in [1.807, 2.05) is 0 Å². The number of carbonyl (C=O) groups excluding carboxylic acids is 2. The van der Waals surface area contributed by atoms with Gasteiger partial charge in [0.15, 0.2) is 5.13 Å². The summed E-state index contributed by atoms with van der Waals surface area (Å²) in [5.41, 5.74) is 5.85. The van der Waals surface area contributed by atoms with Crippen molar-refractivity contribution in [3.63, 3.8) is 0 Å². The van der Waals surface area contributed by atoms with E-state index >= 15 is 0 Å². The first-order valence-electron chi connectivity index (χ1n) is 5.83. The Kier molecular flexibility index (Phi) is 3.81. The minimum Gasteiger partial charge on any atom is -0.375 e. The van der Waals surface area contributed by atoms with Gasteiger partial charge in [-0.2, -0.15) is 0 Å². The molecule has 98 valence electrons. The van der Waals surface area contributed by atoms with E-state index in [4.69, 9.17) is 5.73 Å². The van der Waals surface area contributed by atoms with Gasteiger partial charge in [0.05, 0.1) is 0 Å². The van der Waals surface area contributed by atoms with Crippen molar-refractivity contribution in [3.05, 3.63) is 11.1 Å². The lowest BCUT2D eigenvalue weighted by Crippen LogP contribution is -2.46. The van der Waals surface area contributed by atoms with Gasteiger partial charge in [0.25, 0.3) is 5.91 Å². The first kappa shape index (κ1) is 12.8. The summed E-state index contributed by atoms with van der Waals surface area (Å²) in [6.07, 6.45) is 1.57. The van der Waals surface area contributed by atoms with Gasteiger partial charge in [0.1, 0.15) is 5.69 Å². The van der Waals surface area contributed by atoms with Crippen LogP contribution in [0, 0.1) is 0 Å². The second-order valence-electron chi connectivity index (χ2n) is 4.32. The lowest BCUT2D eigenvalue weighted by Gasteiger charge is -2.31. The molecule has 0 radical (unpaired) electrons. The lowest BCUT2D eigenvalue weighted by molar-refractivity contribution is -0.129. The number of nitrogens with one attached hydrogen (secondary N) is 1. The fraction of sp³-hybridized carbons (Fsp3) is 0.545. The molecule has 18 heavy (non-hydrogen) atoms. The molecule has 1 aliphatic rings. The molecule has 1 saturated heterocycles. The van der Waals surface area contributed by atoms with Gasteiger partial charge in [0, 0.05) is 31.4 Å². The van der Waals surface area contributed by atoms with Crippen molar-refractivity contribution >= 4 is 28.3 Å². The van der Waals surface area contributed by atoms with Gasteiger partial charge in [-0.3, -0.25) is 9.59 Å². The Labute approximate surface area is 109 Å². The average Bonchev–Trinajstić information content (AvgIpc) is 2.76. The summed E-state index contributed by atoms with van der Waals surface area (Å²) in [6, 6.07) is 0.107. The number of piperidine rings is 1. The van der Waals surface area contributed by atoms with Gasteiger partial charge in [0.2, 0.25) is 5.91 Å². The Morgan fingerprint density at radius 3 is 2.67 bits per heavy atom. The maximum atomic E-state index is 11.8. The van der Waals surface area contributed by atoms with Crippen molar-refractivity contribution in [3.8, 4) is 0 Å². The van der Waals surface area contributed by atoms with Crippen molar-refractivity contribution in [2.24, 2.45) is 0 Å². The SMILES string of the molecule is CC(=O)N1CCC(NC(=O)c2csc(N)n2)CC1. The molecule has 2 heterocycles. The zero-order valence-electron chi connectivity index (χ0n) is 10.2. The number of amides is 2. The van der Waals surface area contributed by atoms with Crippen LogP contribution in [0.5, 0.6) is 0 Å². The second-order valence-corrected chi connectivity index (χ2v) is 5.21. The molecule has 0 saturated carbocycles. The Morgan fingerprint density at radius 1 is 1.50 bits per heavy atom. The molecule has 3 N–H and O–H groups in total. The maximum absolute atomic E-state index is 11.8. The number of nitrogen functional groups attached to an aromatic ring is 1. The molecule has 0 aliphatic carbocycles. The minimum absolute atomic E-state index is 0.0899. The third kappa shape index (κ3) is 2.98. The number of rotatable bonds is 2. The summed E-state index contributed by atoms with van der Waals surface area (Å²) in [5, 5.41) is 4.96. The molecule has 1 aromatic rings. The van der Waals surface area contributed by atoms with E-state index in [0.29, 0.717) is 23.9 Å². The van der Waals surface area contributed by atoms with Crippen LogP contribution in [0.1, 0.15) is 30.3 Å². The molecule has 1 aromatic heterocycles. The summed E-state index contributed by atoms with van der Waals surface area (Å²) in [5.74, 6) is -0.101. The van der Waals surface area contributed by atoms with Gasteiger partial charge < -0.3 is 16.0 Å². The normalized spacial score (nSPS) is 16.6. The predicted molar refractivity (Wildman–Crippen MR) is 69.3 cm³/mol. The largest absolute Gasteiger partial charge is 0.375 e. The molecule has 2 rings (SSSR count). The van der Waals surface area contributed by atoms with E-state index in [0.717, 1.165) is 12.8 Å². The molecule has 7 heteroatoms. The van der Waals surface area contributed by atoms with Crippen molar-refractivity contribution < 1.29 is 9.59 Å². The standard InChI is InChI=1S/C11H16N4O2S/c1-7(16)15-4-2-8(3-5-15)13-10(17)9-6-18-11(12)14-9/h6,8H,2-5H2,1H3,(H2,12,14)(H,13,17). The highest BCUT2D eigenvalue weighted by Gasteiger charge is 2.22. The van der Waals surface area contributed by atoms with Gasteiger partial charge in [-0.05, 0) is 12.8 Å². The third-order valence-corrected chi connectivity index (χ3v) is 3.70. The molecule has 6 nitrogen and oxygen atoms in total. The summed E-state index contributed by atoms with van der Waals surface area (Å²) in [7, 11) is 0. The minimum atomic E-state index is -0.191. The second kappa shape index (κ2) is 5.34. The summed E-state index contributed by atoms with van der Waals surface area (Å²) in [6.45, 7) is 2.95. The van der Waals surface area contributed by atoms with Crippen molar-refractivity contribution in [1.29, 1.82) is 0 Å². The molecule has 1 fully saturated rings. The highest BCUT2D eigenvalue weighted by atomic mass is 32.1. The van der Waals surface area contributed by atoms with Crippen LogP contribution in [0.2, 0.25) is 0 Å². The zero-order chi connectivity index (χ0) is 13.1. The maximum Gasteiger partial charge on any atom is 0.271 e. The number of carbonyl (C=O) groups is 2. The van der Waals surface area contributed by atoms with E-state index in [-0.39, 0.29) is 17.9 Å². The molecular weight excluding hydrogens is 252 g/mol. The molecular formula is C11H16N4O2S. The fourth-order valence-electron chi connectivity index (χ4n) is 1.99. The number of thiazole rings is 1. The zero-order valence-corrected chi connectivity index (χ0v) is 11.0. The molecule has 0 atom stereocenters. The summed E-state index contributed by atoms with van der Waals surface area (Å²) in [4.78, 5) is 28.7. The first-order chi connectivity index (χ1) is 8.56. The van der Waals surface area contributed by atoms with E-state index in [9.17, 15) is 9.59 Å². The predicted octanol–water partition coefficient (Wildman–Crippen LogP) is 0.466. The van der Waals surface area contributed by atoms with Gasteiger partial charge in [-0.1, -0.05) is 0 Å². The molecule has 0 unspecified atom stereocenters. The average molecular weight is 268 g/mol. The van der Waals surface area contributed by atoms with Crippen molar-refractivity contribution in [2.45, 2.75) is 25.8 Å². The Morgan fingerprint density at radius 2 is 2.17 bits per heavy atom. The quantitative estimate of drug-likeness (QED) is 0.816. The van der Waals surface area contributed by atoms with Crippen LogP contribution in [-0.2, 0) is 4.79 Å². The van der Waals surface area contributed by atoms with Gasteiger partial charge in [-0.15, -0.1) is 11.3 Å². The van der Waals surface area contributed by atoms with Crippen LogP contribution in [0.25, 0.3) is 0 Å². The topological polar surface area (TPSA) is 88.3 Å². The number of hydrogen-bond acceptors (Lipinski definition) is 5. The van der Waals surface area contributed by atoms with E-state index in [1.54, 1.807) is 17.2 Å². The van der Waals surface area contributed by atoms with Crippen LogP contribution in [0.4, 0.5) is 5.13 Å². The van der Waals surface area contributed by atoms with Gasteiger partial charge in [-0.25, -0.2) is 4.98 Å². The van der Waals surface area contributed by atoms with Crippen LogP contribution < -0.4 is 11.1 Å². The van der Waals surface area contributed by atoms with E-state index in [2.05, 4.69) is 10.3 Å². The van der Waals surface area contributed by atoms with Crippen molar-refractivity contribution in [1.82, 2.24) is 15.2 Å². The number of likely N-dealkylation sites (tertiary alicyclic amines) is 1. The molecule has 1 aliphatic heterocycles. The highest BCUT2D eigenvalue weighted by molar-refractivity contribution is 7.13. The van der Waals surface area contributed by atoms with Crippen molar-refractivity contribution in [2.75, 3.05) is 18.8 Å². The number of hydrogen-bond donors (Lipinski definition) is 2. The fourth-order valence-corrected chi connectivity index (χ4v) is 2.53. The number of nitrogens with zero attached hydrogens (tertiary/aromatic N) is 2. The lowest BCUT2D eigenvalue weighted by atomic mass is 10.0. The third-order valence-electron chi connectivity index (χ3n) is 3.03. The van der Waals surface area contributed by atoms with Crippen LogP contribution in [-0.4, -0.2) is 40.8 Å². The Bertz CT molecular complexity index is 452. The monoisotopic (exact) mass is 268 g/mol. The van der Waals surface area contributed by atoms with Crippen LogP contribution >= 0.6 is 11.3 Å². The van der Waals surface area contributed by atoms with Gasteiger partial charge >= 0.3 is 0 Å². The Hall–Kier alpha value is -1.63. The summed E-state index contributed by atoms with van der Waals surface area (Å²) >= 11 is 1.25. The van der Waals surface area contributed by atoms with E-state index < -0.39 is 0 Å². The van der Waals surface area contributed by atoms with Crippen LogP contribution in [0.3, 0.4) is 0 Å². The Balaban J connectivity index is 1.85. The molecule has 0 aromatic carbocycles.